The molecule has 10 nitrogen and oxygen atoms in total. The minimum Gasteiger partial charge on any atom is -0.481 e. The molecular formula is C28H34N6O4S. The maximum atomic E-state index is 13.3. The van der Waals surface area contributed by atoms with Crippen molar-refractivity contribution in [2.75, 3.05) is 32.7 Å². The number of carboxylic acid groups (broad SMARTS) is 1. The standard InChI is InChI=1S/C28H34N6O4S/c1-19(35)34-11-9-33(10-12-34)8-4-7-23-22(16-30-32-23)24-18-39-25(31-24)17-29-27(38)28(15-26(36)37)13-20-5-2-3-6-21(20)14-28/h2-3,5-6,16,18H,4,7-15,17H2,1H3,(H,29,38)(H,30,32)(H,36,37). The Morgan fingerprint density at radius 3 is 2.51 bits per heavy atom. The number of rotatable bonds is 10. The van der Waals surface area contributed by atoms with Crippen LogP contribution in [0.1, 0.15) is 41.6 Å². The van der Waals surface area contributed by atoms with E-state index in [9.17, 15) is 19.5 Å². The molecular weight excluding hydrogens is 516 g/mol. The predicted molar refractivity (Wildman–Crippen MR) is 147 cm³/mol. The van der Waals surface area contributed by atoms with E-state index in [0.29, 0.717) is 12.8 Å². The van der Waals surface area contributed by atoms with Gasteiger partial charge in [-0.2, -0.15) is 5.10 Å². The Balaban J connectivity index is 1.15. The summed E-state index contributed by atoms with van der Waals surface area (Å²) in [6, 6.07) is 7.78. The Morgan fingerprint density at radius 2 is 1.85 bits per heavy atom. The van der Waals surface area contributed by atoms with Gasteiger partial charge in [0.05, 0.1) is 29.8 Å². The number of benzene rings is 1. The quantitative estimate of drug-likeness (QED) is 0.353. The van der Waals surface area contributed by atoms with Crippen LogP contribution >= 0.6 is 11.3 Å². The fraction of sp³-hybridized carbons (Fsp3) is 0.464. The Bertz CT molecular complexity index is 1320. The van der Waals surface area contributed by atoms with Crippen LogP contribution in [0.4, 0.5) is 0 Å². The first-order valence-corrected chi connectivity index (χ1v) is 14.2. The number of nitrogens with zero attached hydrogens (tertiary/aromatic N) is 4. The second kappa shape index (κ2) is 11.7. The summed E-state index contributed by atoms with van der Waals surface area (Å²) in [7, 11) is 0. The summed E-state index contributed by atoms with van der Waals surface area (Å²) in [4.78, 5) is 45.5. The van der Waals surface area contributed by atoms with E-state index in [-0.39, 0.29) is 24.8 Å². The van der Waals surface area contributed by atoms with Crippen LogP contribution in [0.15, 0.2) is 35.8 Å². The average molecular weight is 551 g/mol. The van der Waals surface area contributed by atoms with Crippen molar-refractivity contribution in [2.45, 2.75) is 45.6 Å². The molecule has 0 atom stereocenters. The van der Waals surface area contributed by atoms with Gasteiger partial charge in [-0.3, -0.25) is 24.4 Å². The van der Waals surface area contributed by atoms with E-state index in [4.69, 9.17) is 4.98 Å². The molecule has 0 spiro atoms. The highest BCUT2D eigenvalue weighted by Crippen LogP contribution is 2.40. The number of fused-ring (bicyclic) bond motifs is 1. The largest absolute Gasteiger partial charge is 0.481 e. The van der Waals surface area contributed by atoms with Crippen LogP contribution in [0.25, 0.3) is 11.3 Å². The lowest BCUT2D eigenvalue weighted by molar-refractivity contribution is -0.145. The van der Waals surface area contributed by atoms with Gasteiger partial charge in [0.1, 0.15) is 5.01 Å². The highest BCUT2D eigenvalue weighted by molar-refractivity contribution is 7.09. The monoisotopic (exact) mass is 550 g/mol. The zero-order valence-electron chi connectivity index (χ0n) is 22.1. The highest BCUT2D eigenvalue weighted by Gasteiger charge is 2.45. The van der Waals surface area contributed by atoms with E-state index < -0.39 is 11.4 Å². The van der Waals surface area contributed by atoms with Gasteiger partial charge in [0, 0.05) is 50.2 Å². The van der Waals surface area contributed by atoms with Crippen molar-refractivity contribution in [1.29, 1.82) is 0 Å². The SMILES string of the molecule is CC(=O)N1CCN(CCCc2n[nH]cc2-c2csc(CNC(=O)C3(CC(=O)O)Cc4ccccc4C3)n2)CC1. The molecule has 2 aliphatic rings. The van der Waals surface area contributed by atoms with Crippen molar-refractivity contribution >= 4 is 29.1 Å². The number of hydrogen-bond acceptors (Lipinski definition) is 7. The first-order valence-electron chi connectivity index (χ1n) is 13.4. The number of hydrogen-bond donors (Lipinski definition) is 3. The molecule has 0 unspecified atom stereocenters. The minimum atomic E-state index is -0.980. The number of amides is 2. The molecule has 2 aromatic heterocycles. The van der Waals surface area contributed by atoms with Gasteiger partial charge < -0.3 is 15.3 Å². The van der Waals surface area contributed by atoms with Gasteiger partial charge >= 0.3 is 5.97 Å². The number of carbonyl (C=O) groups is 3. The van der Waals surface area contributed by atoms with Gasteiger partial charge in [0.2, 0.25) is 11.8 Å². The van der Waals surface area contributed by atoms with Crippen LogP contribution in [0, 0.1) is 5.41 Å². The fourth-order valence-electron chi connectivity index (χ4n) is 5.70. The number of aromatic nitrogens is 3. The number of aromatic amines is 1. The third-order valence-electron chi connectivity index (χ3n) is 7.80. The number of aryl methyl sites for hydroxylation is 1. The molecule has 1 aliphatic carbocycles. The van der Waals surface area contributed by atoms with Gasteiger partial charge in [-0.05, 0) is 43.4 Å². The van der Waals surface area contributed by atoms with Gasteiger partial charge in [-0.25, -0.2) is 4.98 Å². The smallest absolute Gasteiger partial charge is 0.304 e. The van der Waals surface area contributed by atoms with Crippen molar-refractivity contribution < 1.29 is 19.5 Å². The molecule has 39 heavy (non-hydrogen) atoms. The average Bonchev–Trinajstić information content (AvgIpc) is 3.65. The molecule has 3 heterocycles. The molecule has 11 heteroatoms. The number of H-pyrrole nitrogens is 1. The van der Waals surface area contributed by atoms with E-state index >= 15 is 0 Å². The van der Waals surface area contributed by atoms with Gasteiger partial charge in [-0.1, -0.05) is 24.3 Å². The molecule has 2 amide bonds. The van der Waals surface area contributed by atoms with Crippen LogP contribution in [0.5, 0.6) is 0 Å². The normalized spacial score (nSPS) is 16.7. The second-order valence-corrected chi connectivity index (χ2v) is 11.4. The van der Waals surface area contributed by atoms with Crippen LogP contribution in [-0.2, 0) is 40.2 Å². The van der Waals surface area contributed by atoms with Crippen LogP contribution < -0.4 is 5.32 Å². The van der Waals surface area contributed by atoms with Gasteiger partial charge in [0.25, 0.3) is 0 Å². The summed E-state index contributed by atoms with van der Waals surface area (Å²) in [6.07, 6.45) is 4.27. The first-order chi connectivity index (χ1) is 18.8. The fourth-order valence-corrected chi connectivity index (χ4v) is 6.43. The summed E-state index contributed by atoms with van der Waals surface area (Å²) in [5.41, 5.74) is 3.83. The molecule has 1 saturated heterocycles. The van der Waals surface area contributed by atoms with E-state index in [0.717, 1.165) is 78.7 Å². The molecule has 0 saturated carbocycles. The highest BCUT2D eigenvalue weighted by atomic mass is 32.1. The van der Waals surface area contributed by atoms with Crippen molar-refractivity contribution in [2.24, 2.45) is 5.41 Å². The number of thiazole rings is 1. The Kier molecular flexibility index (Phi) is 8.08. The summed E-state index contributed by atoms with van der Waals surface area (Å²) >= 11 is 1.47. The van der Waals surface area contributed by atoms with E-state index in [1.165, 1.54) is 11.3 Å². The van der Waals surface area contributed by atoms with Crippen LogP contribution in [-0.4, -0.2) is 80.6 Å². The Morgan fingerprint density at radius 1 is 1.13 bits per heavy atom. The summed E-state index contributed by atoms with van der Waals surface area (Å²) < 4.78 is 0. The Labute approximate surface area is 231 Å². The molecule has 5 rings (SSSR count). The third-order valence-corrected chi connectivity index (χ3v) is 8.65. The van der Waals surface area contributed by atoms with E-state index in [1.807, 2.05) is 40.7 Å². The van der Waals surface area contributed by atoms with Crippen molar-refractivity contribution in [1.82, 2.24) is 30.3 Å². The number of nitrogens with one attached hydrogen (secondary N) is 2. The van der Waals surface area contributed by atoms with Gasteiger partial charge in [-0.15, -0.1) is 11.3 Å². The van der Waals surface area contributed by atoms with E-state index in [2.05, 4.69) is 20.4 Å². The first kappa shape index (κ1) is 27.0. The predicted octanol–water partition coefficient (Wildman–Crippen LogP) is 2.51. The zero-order valence-corrected chi connectivity index (χ0v) is 22.9. The van der Waals surface area contributed by atoms with Crippen molar-refractivity contribution in [3.63, 3.8) is 0 Å². The Hall–Kier alpha value is -3.57. The van der Waals surface area contributed by atoms with E-state index in [1.54, 1.807) is 6.92 Å². The molecule has 1 fully saturated rings. The van der Waals surface area contributed by atoms with Crippen molar-refractivity contribution in [3.8, 4) is 11.3 Å². The number of aliphatic carboxylic acids is 1. The molecule has 0 bridgehead atoms. The van der Waals surface area contributed by atoms with Crippen molar-refractivity contribution in [3.05, 3.63) is 57.7 Å². The van der Waals surface area contributed by atoms with Gasteiger partial charge in [0.15, 0.2) is 0 Å². The summed E-state index contributed by atoms with van der Waals surface area (Å²) in [5, 5.41) is 22.6. The second-order valence-electron chi connectivity index (χ2n) is 10.5. The van der Waals surface area contributed by atoms with Crippen LogP contribution in [0.2, 0.25) is 0 Å². The lowest BCUT2D eigenvalue weighted by atomic mass is 9.80. The summed E-state index contributed by atoms with van der Waals surface area (Å²) in [6.45, 7) is 6.19. The molecule has 1 aliphatic heterocycles. The maximum absolute atomic E-state index is 13.3. The lowest BCUT2D eigenvalue weighted by Crippen LogP contribution is -2.48. The minimum absolute atomic E-state index is 0.141. The third kappa shape index (κ3) is 6.20. The molecule has 206 valence electrons. The number of carbonyl (C=O) groups excluding carboxylic acids is 2. The molecule has 1 aromatic carbocycles. The zero-order chi connectivity index (χ0) is 27.4. The number of carboxylic acids is 1. The molecule has 0 radical (unpaired) electrons. The molecule has 3 aromatic rings. The summed E-state index contributed by atoms with van der Waals surface area (Å²) in [5.74, 6) is -1.08. The number of piperazine rings is 1. The topological polar surface area (TPSA) is 132 Å². The molecule has 3 N–H and O–H groups in total. The van der Waals surface area contributed by atoms with Crippen LogP contribution in [0.3, 0.4) is 0 Å². The maximum Gasteiger partial charge on any atom is 0.304 e. The lowest BCUT2D eigenvalue weighted by Gasteiger charge is -2.34.